The summed E-state index contributed by atoms with van der Waals surface area (Å²) in [7, 11) is 0. The quantitative estimate of drug-likeness (QED) is 0.482. The number of nitro groups is 1. The highest BCUT2D eigenvalue weighted by Gasteiger charge is 2.14. The molecule has 6 nitrogen and oxygen atoms in total. The van der Waals surface area contributed by atoms with E-state index in [2.05, 4.69) is 4.98 Å². The van der Waals surface area contributed by atoms with Gasteiger partial charge >= 0.3 is 0 Å². The molecule has 2 heterocycles. The highest BCUT2D eigenvalue weighted by atomic mass is 16.6. The van der Waals surface area contributed by atoms with Crippen molar-refractivity contribution in [3.05, 3.63) is 39.7 Å². The average molecular weight is 275 g/mol. The van der Waals surface area contributed by atoms with Crippen LogP contribution in [0.2, 0.25) is 0 Å². The first-order chi connectivity index (χ1) is 9.58. The van der Waals surface area contributed by atoms with Gasteiger partial charge in [0, 0.05) is 25.2 Å². The summed E-state index contributed by atoms with van der Waals surface area (Å²) in [5.74, 6) is -0.0255. The molecule has 1 aromatic heterocycles. The van der Waals surface area contributed by atoms with Crippen LogP contribution in [0.15, 0.2) is 18.2 Å². The zero-order valence-electron chi connectivity index (χ0n) is 11.4. The molecule has 0 N–H and O–H groups in total. The summed E-state index contributed by atoms with van der Waals surface area (Å²) < 4.78 is 0. The Balaban J connectivity index is 2.05. The van der Waals surface area contributed by atoms with E-state index in [1.165, 1.54) is 18.6 Å². The van der Waals surface area contributed by atoms with Gasteiger partial charge in [0.05, 0.1) is 10.6 Å². The largest absolute Gasteiger partial charge is 0.339 e. The van der Waals surface area contributed by atoms with Gasteiger partial charge in [0.25, 0.3) is 5.69 Å². The number of aryl methyl sites for hydroxylation is 1. The third kappa shape index (κ3) is 3.40. The molecule has 0 atom stereocenters. The van der Waals surface area contributed by atoms with Crippen molar-refractivity contribution in [3.8, 4) is 0 Å². The molecule has 1 aliphatic rings. The lowest BCUT2D eigenvalue weighted by Crippen LogP contribution is -2.34. The fourth-order valence-corrected chi connectivity index (χ4v) is 2.24. The van der Waals surface area contributed by atoms with Gasteiger partial charge in [0.15, 0.2) is 0 Å². The van der Waals surface area contributed by atoms with Gasteiger partial charge in [-0.1, -0.05) is 0 Å². The molecule has 0 aromatic carbocycles. The van der Waals surface area contributed by atoms with Crippen LogP contribution in [-0.2, 0) is 4.79 Å². The molecule has 0 aliphatic carbocycles. The number of piperidine rings is 1. The number of carbonyl (C=O) groups is 1. The zero-order valence-corrected chi connectivity index (χ0v) is 11.4. The number of pyridine rings is 1. The number of amides is 1. The van der Waals surface area contributed by atoms with Crippen molar-refractivity contribution in [2.75, 3.05) is 13.1 Å². The average Bonchev–Trinajstić information content (AvgIpc) is 2.45. The lowest BCUT2D eigenvalue weighted by Gasteiger charge is -2.25. The van der Waals surface area contributed by atoms with Crippen molar-refractivity contribution in [2.24, 2.45) is 0 Å². The fraction of sp³-hybridized carbons (Fsp3) is 0.429. The molecular weight excluding hydrogens is 258 g/mol. The minimum absolute atomic E-state index is 0.00972. The molecule has 0 unspecified atom stereocenters. The molecule has 0 radical (unpaired) electrons. The highest BCUT2D eigenvalue weighted by molar-refractivity contribution is 5.91. The van der Waals surface area contributed by atoms with Crippen LogP contribution in [0, 0.1) is 17.0 Å². The Morgan fingerprint density at radius 3 is 2.65 bits per heavy atom. The first-order valence-electron chi connectivity index (χ1n) is 6.67. The summed E-state index contributed by atoms with van der Waals surface area (Å²) in [5.41, 5.74) is 0.894. The van der Waals surface area contributed by atoms with Gasteiger partial charge in [0.1, 0.15) is 5.69 Å². The summed E-state index contributed by atoms with van der Waals surface area (Å²) >= 11 is 0. The standard InChI is InChI=1S/C14H17N3O3/c1-11-13(17(19)20)7-5-12(15-11)6-8-14(18)16-9-3-2-4-10-16/h5-8H,2-4,9-10H2,1H3. The summed E-state index contributed by atoms with van der Waals surface area (Å²) in [6.45, 7) is 3.19. The van der Waals surface area contributed by atoms with E-state index in [1.807, 2.05) is 4.90 Å². The molecule has 1 fully saturated rings. The van der Waals surface area contributed by atoms with Gasteiger partial charge < -0.3 is 4.90 Å². The number of hydrogen-bond acceptors (Lipinski definition) is 4. The normalized spacial score (nSPS) is 15.6. The maximum absolute atomic E-state index is 11.9. The van der Waals surface area contributed by atoms with E-state index in [1.54, 1.807) is 19.1 Å². The van der Waals surface area contributed by atoms with Crippen molar-refractivity contribution in [1.29, 1.82) is 0 Å². The monoisotopic (exact) mass is 275 g/mol. The maximum atomic E-state index is 11.9. The summed E-state index contributed by atoms with van der Waals surface area (Å²) in [6.07, 6.45) is 6.37. The van der Waals surface area contributed by atoms with Gasteiger partial charge in [-0.2, -0.15) is 0 Å². The third-order valence-corrected chi connectivity index (χ3v) is 3.34. The number of hydrogen-bond donors (Lipinski definition) is 0. The van der Waals surface area contributed by atoms with Crippen LogP contribution in [0.3, 0.4) is 0 Å². The van der Waals surface area contributed by atoms with Crippen LogP contribution in [-0.4, -0.2) is 33.8 Å². The first kappa shape index (κ1) is 14.2. The fourth-order valence-electron chi connectivity index (χ4n) is 2.24. The van der Waals surface area contributed by atoms with E-state index < -0.39 is 4.92 Å². The van der Waals surface area contributed by atoms with E-state index >= 15 is 0 Å². The van der Waals surface area contributed by atoms with Crippen LogP contribution < -0.4 is 0 Å². The van der Waals surface area contributed by atoms with E-state index in [0.29, 0.717) is 11.4 Å². The molecule has 1 amide bonds. The maximum Gasteiger partial charge on any atom is 0.290 e. The van der Waals surface area contributed by atoms with E-state index in [0.717, 1.165) is 25.9 Å². The molecule has 6 heteroatoms. The molecular formula is C14H17N3O3. The number of aromatic nitrogens is 1. The zero-order chi connectivity index (χ0) is 14.5. The number of carbonyl (C=O) groups excluding carboxylic acids is 1. The van der Waals surface area contributed by atoms with Crippen LogP contribution in [0.4, 0.5) is 5.69 Å². The predicted octanol–water partition coefficient (Wildman–Crippen LogP) is 2.32. The van der Waals surface area contributed by atoms with Crippen molar-refractivity contribution >= 4 is 17.7 Å². The minimum Gasteiger partial charge on any atom is -0.339 e. The number of likely N-dealkylation sites (tertiary alicyclic amines) is 1. The van der Waals surface area contributed by atoms with Crippen LogP contribution in [0.25, 0.3) is 6.08 Å². The Kier molecular flexibility index (Phi) is 4.45. The van der Waals surface area contributed by atoms with E-state index in [9.17, 15) is 14.9 Å². The highest BCUT2D eigenvalue weighted by Crippen LogP contribution is 2.16. The van der Waals surface area contributed by atoms with Crippen molar-refractivity contribution in [2.45, 2.75) is 26.2 Å². The van der Waals surface area contributed by atoms with Gasteiger partial charge in [-0.15, -0.1) is 0 Å². The van der Waals surface area contributed by atoms with Gasteiger partial charge in [-0.3, -0.25) is 14.9 Å². The van der Waals surface area contributed by atoms with Crippen LogP contribution >= 0.6 is 0 Å². The molecule has 0 saturated carbocycles. The lowest BCUT2D eigenvalue weighted by molar-refractivity contribution is -0.385. The topological polar surface area (TPSA) is 76.3 Å². The molecule has 1 aliphatic heterocycles. The summed E-state index contributed by atoms with van der Waals surface area (Å²) in [4.78, 5) is 28.1. The molecule has 106 valence electrons. The second kappa shape index (κ2) is 6.27. The predicted molar refractivity (Wildman–Crippen MR) is 75.1 cm³/mol. The van der Waals surface area contributed by atoms with Crippen molar-refractivity contribution in [1.82, 2.24) is 9.88 Å². The lowest BCUT2D eigenvalue weighted by atomic mass is 10.1. The minimum atomic E-state index is -0.464. The van der Waals surface area contributed by atoms with Gasteiger partial charge in [-0.25, -0.2) is 4.98 Å². The smallest absolute Gasteiger partial charge is 0.290 e. The third-order valence-electron chi connectivity index (χ3n) is 3.34. The SMILES string of the molecule is Cc1nc(C=CC(=O)N2CCCCC2)ccc1[N+](=O)[O-]. The van der Waals surface area contributed by atoms with E-state index in [-0.39, 0.29) is 11.6 Å². The molecule has 0 spiro atoms. The first-order valence-corrected chi connectivity index (χ1v) is 6.67. The molecule has 1 saturated heterocycles. The molecule has 0 bridgehead atoms. The Bertz CT molecular complexity index is 549. The van der Waals surface area contributed by atoms with Gasteiger partial charge in [-0.05, 0) is 38.3 Å². The molecule has 20 heavy (non-hydrogen) atoms. The Hall–Kier alpha value is -2.24. The molecule has 2 rings (SSSR count). The van der Waals surface area contributed by atoms with Crippen molar-refractivity contribution in [3.63, 3.8) is 0 Å². The van der Waals surface area contributed by atoms with Gasteiger partial charge in [0.2, 0.25) is 5.91 Å². The Morgan fingerprint density at radius 1 is 1.35 bits per heavy atom. The van der Waals surface area contributed by atoms with Crippen LogP contribution in [0.5, 0.6) is 0 Å². The van der Waals surface area contributed by atoms with Crippen molar-refractivity contribution < 1.29 is 9.72 Å². The number of nitrogens with zero attached hydrogens (tertiary/aromatic N) is 3. The van der Waals surface area contributed by atoms with Crippen LogP contribution in [0.1, 0.15) is 30.7 Å². The Morgan fingerprint density at radius 2 is 2.05 bits per heavy atom. The van der Waals surface area contributed by atoms with E-state index in [4.69, 9.17) is 0 Å². The Labute approximate surface area is 117 Å². The summed E-state index contributed by atoms with van der Waals surface area (Å²) in [6, 6.07) is 2.96. The molecule has 1 aromatic rings. The second-order valence-electron chi connectivity index (χ2n) is 4.82. The second-order valence-corrected chi connectivity index (χ2v) is 4.82. The summed E-state index contributed by atoms with van der Waals surface area (Å²) in [5, 5.41) is 10.7. The number of rotatable bonds is 3.